The lowest BCUT2D eigenvalue weighted by Crippen LogP contribution is -2.68. The lowest BCUT2D eigenvalue weighted by molar-refractivity contribution is -0.219. The summed E-state index contributed by atoms with van der Waals surface area (Å²) in [4.78, 5) is 191. The van der Waals surface area contributed by atoms with Crippen molar-refractivity contribution in [2.75, 3.05) is 89.2 Å². The van der Waals surface area contributed by atoms with Crippen LogP contribution in [0.1, 0.15) is 176 Å². The average Bonchev–Trinajstić information content (AvgIpc) is 0.944. The number of alkyl halides is 7. The number of hydrogen-bond donors (Lipinski definition) is 3. The van der Waals surface area contributed by atoms with Crippen LogP contribution in [-0.2, 0) is 62.3 Å². The van der Waals surface area contributed by atoms with Crippen LogP contribution in [0.4, 0.5) is 30.7 Å². The smallest absolute Gasteiger partial charge is 0.377 e. The van der Waals surface area contributed by atoms with Gasteiger partial charge in [-0.15, -0.1) is 0 Å². The second-order valence-corrected chi connectivity index (χ2v) is 31.3. The molecule has 0 aromatic rings. The second kappa shape index (κ2) is 36.8. The molecule has 25 nitrogen and oxygen atoms in total. The number of nitrogens with one attached hydrogen (secondary N) is 3. The molecule has 7 rings (SSSR count). The van der Waals surface area contributed by atoms with Crippen LogP contribution in [0.5, 0.6) is 0 Å². The average molecular weight is 1510 g/mol. The normalized spacial score (nSPS) is 31.3. The molecule has 4 saturated carbocycles. The zero-order valence-corrected chi connectivity index (χ0v) is 64.0. The van der Waals surface area contributed by atoms with Crippen LogP contribution in [0.2, 0.25) is 0 Å². The first-order chi connectivity index (χ1) is 49.7. The van der Waals surface area contributed by atoms with Gasteiger partial charge in [-0.25, -0.2) is 17.6 Å². The highest BCUT2D eigenvalue weighted by molar-refractivity contribution is 6.01. The molecule has 3 heterocycles. The maximum absolute atomic E-state index is 15.5. The fraction of sp³-hybridized carbons (Fsp3) is 0.811. The first-order valence-electron chi connectivity index (χ1n) is 38.0. The van der Waals surface area contributed by atoms with E-state index in [-0.39, 0.29) is 89.8 Å². The summed E-state index contributed by atoms with van der Waals surface area (Å²) in [5.74, 6) is -18.0. The third kappa shape index (κ3) is 20.8. The zero-order valence-electron chi connectivity index (χ0n) is 64.0. The Balaban J connectivity index is 1.32. The number of halogens is 7. The van der Waals surface area contributed by atoms with E-state index in [4.69, 9.17) is 4.74 Å². The van der Waals surface area contributed by atoms with Crippen molar-refractivity contribution in [3.05, 3.63) is 12.2 Å². The quantitative estimate of drug-likeness (QED) is 0.129. The van der Waals surface area contributed by atoms with E-state index in [1.165, 1.54) is 76.0 Å². The molecule has 106 heavy (non-hydrogen) atoms. The Morgan fingerprint density at radius 2 is 1.25 bits per heavy atom. The van der Waals surface area contributed by atoms with Crippen molar-refractivity contribution in [1.29, 1.82) is 0 Å². The molecule has 32 heteroatoms. The van der Waals surface area contributed by atoms with Gasteiger partial charge in [-0.2, -0.15) is 13.2 Å². The summed E-state index contributed by atoms with van der Waals surface area (Å²) in [6.45, 7) is 7.02. The number of amides is 12. The van der Waals surface area contributed by atoms with Crippen molar-refractivity contribution < 1.29 is 93.0 Å². The molecule has 2 unspecified atom stereocenters. The van der Waals surface area contributed by atoms with E-state index in [0.29, 0.717) is 25.7 Å². The van der Waals surface area contributed by atoms with Crippen LogP contribution in [0.3, 0.4) is 0 Å². The summed E-state index contributed by atoms with van der Waals surface area (Å²) in [5, 5.41) is 8.44. The van der Waals surface area contributed by atoms with Crippen LogP contribution in [0.15, 0.2) is 12.2 Å². The van der Waals surface area contributed by atoms with E-state index in [0.717, 1.165) is 37.3 Å². The van der Waals surface area contributed by atoms with Crippen LogP contribution >= 0.6 is 0 Å². The van der Waals surface area contributed by atoms with Crippen molar-refractivity contribution in [1.82, 2.24) is 60.0 Å². The van der Waals surface area contributed by atoms with Gasteiger partial charge in [0.15, 0.2) is 0 Å². The first kappa shape index (κ1) is 86.1. The molecule has 598 valence electrons. The summed E-state index contributed by atoms with van der Waals surface area (Å²) in [5.41, 5.74) is -1.69. The minimum atomic E-state index is -5.21. The van der Waals surface area contributed by atoms with E-state index in [2.05, 4.69) is 16.0 Å². The lowest BCUT2D eigenvalue weighted by atomic mass is 9.74. The van der Waals surface area contributed by atoms with Crippen molar-refractivity contribution in [2.45, 2.75) is 260 Å². The Bertz CT molecular complexity index is 3170. The summed E-state index contributed by atoms with van der Waals surface area (Å²) >= 11 is 0. The molecule has 4 aliphatic carbocycles. The van der Waals surface area contributed by atoms with E-state index < -0.39 is 237 Å². The molecular formula is C74H115F7N12O13. The number of likely N-dealkylation sites (N-methyl/N-ethyl adjacent to an activating group) is 7. The minimum Gasteiger partial charge on any atom is -0.377 e. The monoisotopic (exact) mass is 1510 g/mol. The Labute approximate surface area is 618 Å². The number of carbonyl (C=O) groups is 12. The van der Waals surface area contributed by atoms with E-state index in [1.54, 1.807) is 32.9 Å². The fourth-order valence-electron chi connectivity index (χ4n) is 16.3. The maximum atomic E-state index is 15.5. The Morgan fingerprint density at radius 3 is 1.80 bits per heavy atom. The number of nitrogens with zero attached hydrogens (tertiary/aromatic N) is 9. The predicted octanol–water partition coefficient (Wildman–Crippen LogP) is 5.81. The van der Waals surface area contributed by atoms with E-state index in [9.17, 15) is 50.7 Å². The molecule has 12 amide bonds. The number of ether oxygens (including phenoxy) is 1. The molecule has 1 spiro atoms. The summed E-state index contributed by atoms with van der Waals surface area (Å²) in [6.07, 6.45) is -9.00. The molecule has 3 aliphatic heterocycles. The zero-order chi connectivity index (χ0) is 78.8. The second-order valence-electron chi connectivity index (χ2n) is 31.3. The Kier molecular flexibility index (Phi) is 29.9. The molecule has 0 aromatic heterocycles. The van der Waals surface area contributed by atoms with Gasteiger partial charge in [0.05, 0.1) is 25.6 Å². The van der Waals surface area contributed by atoms with Gasteiger partial charge in [0.25, 0.3) is 0 Å². The van der Waals surface area contributed by atoms with Crippen molar-refractivity contribution in [2.24, 2.45) is 35.5 Å². The lowest BCUT2D eigenvalue weighted by Gasteiger charge is -2.47. The molecule has 3 N–H and O–H groups in total. The highest BCUT2D eigenvalue weighted by Gasteiger charge is 2.56. The van der Waals surface area contributed by atoms with Gasteiger partial charge in [0.2, 0.25) is 76.8 Å². The highest BCUT2D eigenvalue weighted by Crippen LogP contribution is 2.45. The molecule has 0 radical (unpaired) electrons. The first-order valence-corrected chi connectivity index (χ1v) is 38.0. The molecular weight excluding hydrogens is 1400 g/mol. The number of rotatable bonds is 15. The Hall–Kier alpha value is -7.15. The van der Waals surface area contributed by atoms with Crippen molar-refractivity contribution >= 4 is 70.9 Å². The molecule has 0 aromatic carbocycles. The third-order valence-corrected chi connectivity index (χ3v) is 23.6. The van der Waals surface area contributed by atoms with Gasteiger partial charge in [-0.1, -0.05) is 72.0 Å². The largest absolute Gasteiger partial charge is 0.397 e. The SMILES string of the molecule is CCO[C@@H]1C[C@H]2C(=O)NC3(CCC3)C(=O)N(C)[C@@H](C(CC)CC)C(=O)N(C)[C@H](C(=O)N(C)C)CC(=O)N(C)[C@@H](CC3CC3)C(=O)N[C@@H]([C@@H](C)CC)C(=O)N(C)CC(=O)N(C)[C@H]3C/C=C\CCN(C3=O)[C@@H](CC3CCC(F)(F)CC3)C(=O)N(C)CC(=O)N[C@@H](CCC3CC(F)C(C(F)(F)F)C(F)C3)C(=O)N2C1. The number of carbonyl (C=O) groups excluding carboxylic acids is 12. The molecule has 12 atom stereocenters. The predicted molar refractivity (Wildman–Crippen MR) is 376 cm³/mol. The number of hydrogen-bond acceptors (Lipinski definition) is 13. The van der Waals surface area contributed by atoms with Gasteiger partial charge in [0, 0.05) is 95.3 Å². The summed E-state index contributed by atoms with van der Waals surface area (Å²) in [6, 6.07) is -11.2. The van der Waals surface area contributed by atoms with Crippen molar-refractivity contribution in [3.63, 3.8) is 0 Å². The van der Waals surface area contributed by atoms with Gasteiger partial charge in [0.1, 0.15) is 72.1 Å². The fourth-order valence-corrected chi connectivity index (χ4v) is 16.3. The maximum Gasteiger partial charge on any atom is 0.397 e. The topological polar surface area (TPSA) is 279 Å². The van der Waals surface area contributed by atoms with Crippen LogP contribution in [0, 0.1) is 35.5 Å². The van der Waals surface area contributed by atoms with Crippen molar-refractivity contribution in [3.8, 4) is 0 Å². The van der Waals surface area contributed by atoms with Gasteiger partial charge in [-0.3, -0.25) is 57.5 Å². The van der Waals surface area contributed by atoms with Gasteiger partial charge >= 0.3 is 6.18 Å². The van der Waals surface area contributed by atoms with Gasteiger partial charge < -0.3 is 64.8 Å². The standard InChI is InChI=1S/C74H115F7N12O13/c1-14-43(5)61-69(103)87(9)42-59(96)88(10)52-22-19-18-20-33-92(68(52)102)56(37-45-27-31-73(77,78)32-28-45)67(101)86(8)41-57(94)82-51(26-25-46-34-49(75)60(50(76)35-46)74(79,80)81)65(99)93-40-48(106-17-4)38-54(93)64(98)84-72(29-21-30-72)71(105)91(13)62(47(15-2)16-3)70(104)90(12)55(66(100)85(6)7)39-58(95)89(11)53(63(97)83-61)36-44-23-24-44/h18-19,43-56,60-62H,14-17,20-42H2,1-13H3,(H,82,94)(H,83,97)(H,84,98)/b19-18-/t43-,46?,48+,49?,50?,51-,52-,53-,54-,55-,56-,60?,61-,62-/m0/s1. The third-order valence-electron chi connectivity index (χ3n) is 23.6. The highest BCUT2D eigenvalue weighted by atomic mass is 19.4. The van der Waals surface area contributed by atoms with Crippen LogP contribution in [-0.4, -0.2) is 289 Å². The molecule has 2 saturated heterocycles. The summed E-state index contributed by atoms with van der Waals surface area (Å²) < 4.78 is 108. The molecule has 2 bridgehead atoms. The Morgan fingerprint density at radius 1 is 0.642 bits per heavy atom. The van der Waals surface area contributed by atoms with Gasteiger partial charge in [-0.05, 0) is 120 Å². The van der Waals surface area contributed by atoms with Crippen LogP contribution in [0.25, 0.3) is 0 Å². The van der Waals surface area contributed by atoms with Crippen LogP contribution < -0.4 is 16.0 Å². The van der Waals surface area contributed by atoms with E-state index in [1.807, 2.05) is 13.8 Å². The molecule has 7 aliphatic rings. The minimum absolute atomic E-state index is 0.0114. The van der Waals surface area contributed by atoms with E-state index >= 15 is 37.5 Å². The molecule has 6 fully saturated rings. The number of fused-ring (bicyclic) bond motifs is 3. The summed E-state index contributed by atoms with van der Waals surface area (Å²) in [7, 11) is 10.9.